The molecule has 1 amide bonds. The van der Waals surface area contributed by atoms with E-state index < -0.39 is 0 Å². The fraction of sp³-hybridized carbons (Fsp3) is 0.0952. The summed E-state index contributed by atoms with van der Waals surface area (Å²) in [6.45, 7) is 0. The minimum atomic E-state index is -0.0843. The number of anilines is 1. The van der Waals surface area contributed by atoms with E-state index in [1.807, 2.05) is 47.8 Å². The lowest BCUT2D eigenvalue weighted by Gasteiger charge is -2.05. The lowest BCUT2D eigenvalue weighted by atomic mass is 10.1. The van der Waals surface area contributed by atoms with E-state index in [1.54, 1.807) is 17.5 Å². The highest BCUT2D eigenvalue weighted by Crippen LogP contribution is 2.21. The van der Waals surface area contributed by atoms with Crippen molar-refractivity contribution in [3.8, 4) is 11.3 Å². The van der Waals surface area contributed by atoms with E-state index in [0.717, 1.165) is 28.4 Å². The van der Waals surface area contributed by atoms with E-state index in [4.69, 9.17) is 4.42 Å². The third kappa shape index (κ3) is 4.48. The second-order valence-corrected chi connectivity index (χ2v) is 7.01. The van der Waals surface area contributed by atoms with Gasteiger partial charge in [-0.2, -0.15) is 0 Å². The largest absolute Gasteiger partial charge is 0.444 e. The number of aromatic nitrogens is 2. The van der Waals surface area contributed by atoms with Crippen molar-refractivity contribution in [1.82, 2.24) is 9.97 Å². The molecule has 4 rings (SSSR count). The molecule has 2 aromatic heterocycles. The summed E-state index contributed by atoms with van der Waals surface area (Å²) < 4.78 is 5.26. The third-order valence-corrected chi connectivity index (χ3v) is 4.92. The Balaban J connectivity index is 1.34. The summed E-state index contributed by atoms with van der Waals surface area (Å²) in [7, 11) is 0. The Kier molecular flexibility index (Phi) is 5.07. The summed E-state index contributed by atoms with van der Waals surface area (Å²) in [5.41, 5.74) is 3.66. The van der Waals surface area contributed by atoms with Crippen LogP contribution in [0, 0.1) is 0 Å². The molecule has 0 unspecified atom stereocenters. The maximum absolute atomic E-state index is 12.3. The molecule has 0 saturated carbocycles. The molecule has 1 N–H and O–H groups in total. The molecule has 0 bridgehead atoms. The number of amides is 1. The highest BCUT2D eigenvalue weighted by Gasteiger charge is 2.09. The van der Waals surface area contributed by atoms with Gasteiger partial charge in [0.1, 0.15) is 0 Å². The Hall–Kier alpha value is -3.25. The molecular weight excluding hydrogens is 358 g/mol. The minimum Gasteiger partial charge on any atom is -0.444 e. The van der Waals surface area contributed by atoms with Gasteiger partial charge in [-0.05, 0) is 29.8 Å². The number of hydrogen-bond acceptors (Lipinski definition) is 5. The first-order valence-electron chi connectivity index (χ1n) is 8.52. The van der Waals surface area contributed by atoms with Crippen molar-refractivity contribution in [2.75, 3.05) is 5.32 Å². The summed E-state index contributed by atoms with van der Waals surface area (Å²) in [6.07, 6.45) is 4.10. The number of thiazole rings is 1. The van der Waals surface area contributed by atoms with E-state index in [2.05, 4.69) is 27.4 Å². The Morgan fingerprint density at radius 3 is 2.63 bits per heavy atom. The van der Waals surface area contributed by atoms with Crippen molar-refractivity contribution in [3.63, 3.8) is 0 Å². The number of oxazole rings is 1. The van der Waals surface area contributed by atoms with Crippen LogP contribution in [0.1, 0.15) is 16.3 Å². The van der Waals surface area contributed by atoms with Crippen LogP contribution in [0.15, 0.2) is 77.0 Å². The van der Waals surface area contributed by atoms with Crippen LogP contribution < -0.4 is 5.32 Å². The van der Waals surface area contributed by atoms with Crippen LogP contribution in [0.3, 0.4) is 0 Å². The molecule has 2 heterocycles. The van der Waals surface area contributed by atoms with Gasteiger partial charge in [-0.3, -0.25) is 4.79 Å². The molecule has 0 radical (unpaired) electrons. The number of hydrogen-bond donors (Lipinski definition) is 1. The molecule has 2 aromatic carbocycles. The standard InChI is InChI=1S/C21H17N3O2S/c25-20(23-17-8-6-16(7-9-17)19-12-22-14-26-19)11-18-13-27-21(24-18)10-15-4-2-1-3-5-15/h1-9,12-14H,10-11H2,(H,23,25). The smallest absolute Gasteiger partial charge is 0.230 e. The Bertz CT molecular complexity index is 1010. The topological polar surface area (TPSA) is 68.0 Å². The predicted molar refractivity (Wildman–Crippen MR) is 106 cm³/mol. The molecule has 5 nitrogen and oxygen atoms in total. The Labute approximate surface area is 160 Å². The summed E-state index contributed by atoms with van der Waals surface area (Å²) in [6, 6.07) is 17.7. The Morgan fingerprint density at radius 1 is 1.07 bits per heavy atom. The Morgan fingerprint density at radius 2 is 1.89 bits per heavy atom. The molecule has 0 spiro atoms. The zero-order valence-electron chi connectivity index (χ0n) is 14.5. The first-order valence-corrected chi connectivity index (χ1v) is 9.40. The van der Waals surface area contributed by atoms with Gasteiger partial charge in [-0.1, -0.05) is 30.3 Å². The monoisotopic (exact) mass is 375 g/mol. The van der Waals surface area contributed by atoms with Crippen LogP contribution in [-0.2, 0) is 17.6 Å². The molecular formula is C21H17N3O2S. The van der Waals surface area contributed by atoms with Crippen molar-refractivity contribution in [2.45, 2.75) is 12.8 Å². The number of nitrogens with zero attached hydrogens (tertiary/aromatic N) is 2. The van der Waals surface area contributed by atoms with Gasteiger partial charge >= 0.3 is 0 Å². The van der Waals surface area contributed by atoms with Gasteiger partial charge < -0.3 is 9.73 Å². The summed E-state index contributed by atoms with van der Waals surface area (Å²) in [5.74, 6) is 0.611. The second-order valence-electron chi connectivity index (χ2n) is 6.06. The number of carbonyl (C=O) groups is 1. The highest BCUT2D eigenvalue weighted by atomic mass is 32.1. The molecule has 134 valence electrons. The summed E-state index contributed by atoms with van der Waals surface area (Å²) in [5, 5.41) is 5.86. The highest BCUT2D eigenvalue weighted by molar-refractivity contribution is 7.09. The lowest BCUT2D eigenvalue weighted by molar-refractivity contribution is -0.115. The van der Waals surface area contributed by atoms with Gasteiger partial charge in [0, 0.05) is 23.1 Å². The quantitative estimate of drug-likeness (QED) is 0.536. The third-order valence-electron chi connectivity index (χ3n) is 4.02. The fourth-order valence-corrected chi connectivity index (χ4v) is 3.56. The van der Waals surface area contributed by atoms with Crippen LogP contribution in [0.2, 0.25) is 0 Å². The molecule has 6 heteroatoms. The van der Waals surface area contributed by atoms with E-state index in [-0.39, 0.29) is 12.3 Å². The first-order chi connectivity index (χ1) is 13.3. The molecule has 0 aliphatic carbocycles. The molecule has 0 aliphatic heterocycles. The zero-order valence-corrected chi connectivity index (χ0v) is 15.3. The van der Waals surface area contributed by atoms with Crippen molar-refractivity contribution in [2.24, 2.45) is 0 Å². The van der Waals surface area contributed by atoms with Crippen molar-refractivity contribution in [1.29, 1.82) is 0 Å². The van der Waals surface area contributed by atoms with Crippen LogP contribution in [0.4, 0.5) is 5.69 Å². The summed E-state index contributed by atoms with van der Waals surface area (Å²) >= 11 is 1.59. The van der Waals surface area contributed by atoms with Gasteiger partial charge in [-0.25, -0.2) is 9.97 Å². The zero-order chi connectivity index (χ0) is 18.5. The molecule has 0 saturated heterocycles. The minimum absolute atomic E-state index is 0.0843. The number of rotatable bonds is 6. The van der Waals surface area contributed by atoms with Crippen LogP contribution in [0.25, 0.3) is 11.3 Å². The first kappa shape index (κ1) is 17.2. The van der Waals surface area contributed by atoms with Gasteiger partial charge in [-0.15, -0.1) is 11.3 Å². The van der Waals surface area contributed by atoms with Crippen LogP contribution in [0.5, 0.6) is 0 Å². The average molecular weight is 375 g/mol. The van der Waals surface area contributed by atoms with E-state index in [0.29, 0.717) is 5.76 Å². The van der Waals surface area contributed by atoms with Gasteiger partial charge in [0.25, 0.3) is 0 Å². The van der Waals surface area contributed by atoms with Crippen molar-refractivity contribution in [3.05, 3.63) is 88.8 Å². The number of nitrogens with one attached hydrogen (secondary N) is 1. The number of benzene rings is 2. The maximum atomic E-state index is 12.3. The predicted octanol–water partition coefficient (Wildman–Crippen LogP) is 4.57. The summed E-state index contributed by atoms with van der Waals surface area (Å²) in [4.78, 5) is 20.8. The SMILES string of the molecule is O=C(Cc1csc(Cc2ccccc2)n1)Nc1ccc(-c2cnco2)cc1. The molecule has 27 heavy (non-hydrogen) atoms. The van der Waals surface area contributed by atoms with Crippen molar-refractivity contribution >= 4 is 22.9 Å². The van der Waals surface area contributed by atoms with E-state index in [1.165, 1.54) is 12.0 Å². The average Bonchev–Trinajstić information content (AvgIpc) is 3.36. The van der Waals surface area contributed by atoms with Gasteiger partial charge in [0.05, 0.1) is 23.3 Å². The van der Waals surface area contributed by atoms with Gasteiger partial charge in [0.15, 0.2) is 12.2 Å². The lowest BCUT2D eigenvalue weighted by Crippen LogP contribution is -2.14. The second kappa shape index (κ2) is 7.97. The maximum Gasteiger partial charge on any atom is 0.230 e. The van der Waals surface area contributed by atoms with Crippen LogP contribution >= 0.6 is 11.3 Å². The number of carbonyl (C=O) groups excluding carboxylic acids is 1. The normalized spacial score (nSPS) is 10.7. The van der Waals surface area contributed by atoms with Gasteiger partial charge in [0.2, 0.25) is 5.91 Å². The fourth-order valence-electron chi connectivity index (χ4n) is 2.73. The molecule has 4 aromatic rings. The van der Waals surface area contributed by atoms with E-state index >= 15 is 0 Å². The molecule has 0 atom stereocenters. The van der Waals surface area contributed by atoms with E-state index in [9.17, 15) is 4.79 Å². The molecule has 0 aliphatic rings. The molecule has 0 fully saturated rings. The van der Waals surface area contributed by atoms with Crippen LogP contribution in [-0.4, -0.2) is 15.9 Å². The van der Waals surface area contributed by atoms with Crippen molar-refractivity contribution < 1.29 is 9.21 Å².